The van der Waals surface area contributed by atoms with Crippen molar-refractivity contribution in [2.75, 3.05) is 0 Å². The zero-order chi connectivity index (χ0) is 19.3. The normalized spacial score (nSPS) is 20.8. The molecule has 0 fully saturated rings. The van der Waals surface area contributed by atoms with Gasteiger partial charge in [0.25, 0.3) is 0 Å². The largest absolute Gasteiger partial charge is 0.483 e. The molecule has 1 aromatic carbocycles. The number of hydrogen-bond donors (Lipinski definition) is 1. The van der Waals surface area contributed by atoms with Crippen molar-refractivity contribution in [3.63, 3.8) is 0 Å². The van der Waals surface area contributed by atoms with E-state index in [1.165, 1.54) is 11.6 Å². The Morgan fingerprint density at radius 3 is 2.78 bits per heavy atom. The van der Waals surface area contributed by atoms with Crippen molar-refractivity contribution < 1.29 is 14.3 Å². The molecular formula is C23H23NO3. The molecule has 0 bridgehead atoms. The Balaban J connectivity index is 1.76. The van der Waals surface area contributed by atoms with Gasteiger partial charge < -0.3 is 9.72 Å². The predicted octanol–water partition coefficient (Wildman–Crippen LogP) is 5.40. The summed E-state index contributed by atoms with van der Waals surface area (Å²) in [5.74, 6) is 0.523. The number of aromatic nitrogens is 1. The third-order valence-corrected chi connectivity index (χ3v) is 5.29. The second-order valence-corrected chi connectivity index (χ2v) is 7.86. The number of fused-ring (bicyclic) bond motifs is 5. The second kappa shape index (κ2) is 6.08. The molecule has 2 aromatic rings. The van der Waals surface area contributed by atoms with Gasteiger partial charge in [-0.2, -0.15) is 0 Å². The quantitative estimate of drug-likeness (QED) is 0.744. The molecular weight excluding hydrogens is 338 g/mol. The van der Waals surface area contributed by atoms with Crippen molar-refractivity contribution in [1.29, 1.82) is 0 Å². The topological polar surface area (TPSA) is 59.2 Å². The first-order valence-corrected chi connectivity index (χ1v) is 9.27. The highest BCUT2D eigenvalue weighted by atomic mass is 16.5. The highest BCUT2D eigenvalue weighted by molar-refractivity contribution is 6.29. The number of benzene rings is 1. The van der Waals surface area contributed by atoms with E-state index in [2.05, 4.69) is 37.9 Å². The zero-order valence-corrected chi connectivity index (χ0v) is 16.1. The molecule has 27 heavy (non-hydrogen) atoms. The summed E-state index contributed by atoms with van der Waals surface area (Å²) in [7, 11) is 0. The van der Waals surface area contributed by atoms with Gasteiger partial charge in [0.1, 0.15) is 11.4 Å². The minimum absolute atomic E-state index is 0.0944. The average molecular weight is 361 g/mol. The number of ketones is 2. The molecule has 1 N–H and O–H groups in total. The monoisotopic (exact) mass is 361 g/mol. The fraction of sp³-hybridized carbons (Fsp3) is 0.304. The highest BCUT2D eigenvalue weighted by Crippen LogP contribution is 2.40. The van der Waals surface area contributed by atoms with Gasteiger partial charge in [-0.05, 0) is 70.9 Å². The van der Waals surface area contributed by atoms with E-state index in [9.17, 15) is 9.59 Å². The van der Waals surface area contributed by atoms with E-state index in [-0.39, 0.29) is 17.2 Å². The summed E-state index contributed by atoms with van der Waals surface area (Å²) >= 11 is 0. The molecule has 0 amide bonds. The van der Waals surface area contributed by atoms with Crippen LogP contribution in [0, 0.1) is 0 Å². The van der Waals surface area contributed by atoms with Crippen LogP contribution in [0.1, 0.15) is 66.9 Å². The fourth-order valence-corrected chi connectivity index (χ4v) is 3.80. The molecule has 4 rings (SSSR count). The standard InChI is InChI=1S/C23H23NO3/c1-13(2)6-5-10-23(4)11-9-15-18(27-23)8-7-16-19-21(24-20(15)16)17(25)12-14(3)22(19)26/h6-9,11-12,24H,5,10H2,1-4H3. The van der Waals surface area contributed by atoms with Crippen LogP contribution in [0.2, 0.25) is 0 Å². The van der Waals surface area contributed by atoms with Gasteiger partial charge >= 0.3 is 0 Å². The molecule has 0 saturated heterocycles. The van der Waals surface area contributed by atoms with Gasteiger partial charge in [-0.3, -0.25) is 9.59 Å². The molecule has 4 nitrogen and oxygen atoms in total. The van der Waals surface area contributed by atoms with Crippen molar-refractivity contribution in [3.05, 3.63) is 58.3 Å². The van der Waals surface area contributed by atoms with Gasteiger partial charge in [-0.25, -0.2) is 0 Å². The molecule has 0 saturated carbocycles. The van der Waals surface area contributed by atoms with Crippen LogP contribution in [0.15, 0.2) is 41.5 Å². The SMILES string of the molecule is CC(C)=CCCC1(C)C=Cc2c(ccc3c4c([nH]c23)C(=O)C=C(C)C4=O)O1. The van der Waals surface area contributed by atoms with Gasteiger partial charge in [0, 0.05) is 16.5 Å². The number of ether oxygens (including phenoxy) is 1. The van der Waals surface area contributed by atoms with Crippen LogP contribution in [0.3, 0.4) is 0 Å². The molecule has 1 aliphatic heterocycles. The van der Waals surface area contributed by atoms with Crippen LogP contribution >= 0.6 is 0 Å². The van der Waals surface area contributed by atoms with E-state index in [4.69, 9.17) is 4.74 Å². The van der Waals surface area contributed by atoms with Gasteiger partial charge in [0.2, 0.25) is 5.78 Å². The van der Waals surface area contributed by atoms with Crippen LogP contribution in [0.25, 0.3) is 17.0 Å². The smallest absolute Gasteiger partial charge is 0.203 e. The van der Waals surface area contributed by atoms with Crippen LogP contribution in [-0.4, -0.2) is 22.2 Å². The Morgan fingerprint density at radius 2 is 2.04 bits per heavy atom. The van der Waals surface area contributed by atoms with E-state index < -0.39 is 0 Å². The summed E-state index contributed by atoms with van der Waals surface area (Å²) in [4.78, 5) is 28.1. The molecule has 4 heteroatoms. The van der Waals surface area contributed by atoms with Crippen molar-refractivity contribution in [2.45, 2.75) is 46.1 Å². The van der Waals surface area contributed by atoms with Gasteiger partial charge in [0.15, 0.2) is 5.78 Å². The average Bonchev–Trinajstić information content (AvgIpc) is 2.99. The van der Waals surface area contributed by atoms with Crippen LogP contribution in [0.5, 0.6) is 5.75 Å². The predicted molar refractivity (Wildman–Crippen MR) is 107 cm³/mol. The molecule has 0 radical (unpaired) electrons. The van der Waals surface area contributed by atoms with E-state index >= 15 is 0 Å². The third-order valence-electron chi connectivity index (χ3n) is 5.29. The number of aromatic amines is 1. The van der Waals surface area contributed by atoms with Crippen molar-refractivity contribution in [1.82, 2.24) is 4.98 Å². The van der Waals surface area contributed by atoms with Crippen LogP contribution < -0.4 is 4.74 Å². The molecule has 1 atom stereocenters. The maximum atomic E-state index is 12.6. The molecule has 0 spiro atoms. The lowest BCUT2D eigenvalue weighted by Gasteiger charge is -2.31. The maximum Gasteiger partial charge on any atom is 0.203 e. The van der Waals surface area contributed by atoms with Crippen molar-refractivity contribution in [2.24, 2.45) is 0 Å². The highest BCUT2D eigenvalue weighted by Gasteiger charge is 2.32. The first kappa shape index (κ1) is 17.5. The summed E-state index contributed by atoms with van der Waals surface area (Å²) in [5.41, 5.74) is 3.93. The fourth-order valence-electron chi connectivity index (χ4n) is 3.80. The molecule has 1 aromatic heterocycles. The third kappa shape index (κ3) is 2.85. The minimum Gasteiger partial charge on any atom is -0.483 e. The minimum atomic E-state index is -0.372. The van der Waals surface area contributed by atoms with E-state index in [1.54, 1.807) is 6.92 Å². The van der Waals surface area contributed by atoms with Crippen LogP contribution in [-0.2, 0) is 0 Å². The number of Topliss-reactive ketones (excluding diaryl/α,β-unsaturated/α-hetero) is 1. The molecule has 138 valence electrons. The number of hydrogen-bond acceptors (Lipinski definition) is 3. The lowest BCUT2D eigenvalue weighted by molar-refractivity contribution is 0.0983. The number of carbonyl (C=O) groups excluding carboxylic acids is 2. The van der Waals surface area contributed by atoms with E-state index in [0.29, 0.717) is 16.8 Å². The second-order valence-electron chi connectivity index (χ2n) is 7.86. The Kier molecular flexibility index (Phi) is 3.95. The van der Waals surface area contributed by atoms with Gasteiger partial charge in [0.05, 0.1) is 16.8 Å². The molecule has 1 aliphatic carbocycles. The first-order chi connectivity index (χ1) is 12.8. The summed E-state index contributed by atoms with van der Waals surface area (Å²) in [5, 5.41) is 0.774. The lowest BCUT2D eigenvalue weighted by Crippen LogP contribution is -2.31. The van der Waals surface area contributed by atoms with Crippen molar-refractivity contribution >= 4 is 28.5 Å². The lowest BCUT2D eigenvalue weighted by atomic mass is 9.91. The number of H-pyrrole nitrogens is 1. The van der Waals surface area contributed by atoms with Crippen molar-refractivity contribution in [3.8, 4) is 5.75 Å². The first-order valence-electron chi connectivity index (χ1n) is 9.27. The molecule has 2 aliphatic rings. The summed E-state index contributed by atoms with van der Waals surface area (Å²) in [6.07, 6.45) is 9.56. The number of rotatable bonds is 3. The molecule has 2 heterocycles. The maximum absolute atomic E-state index is 12.6. The van der Waals surface area contributed by atoms with E-state index in [0.717, 1.165) is 35.1 Å². The Hall–Kier alpha value is -2.88. The van der Waals surface area contributed by atoms with E-state index in [1.807, 2.05) is 18.2 Å². The summed E-state index contributed by atoms with van der Waals surface area (Å²) < 4.78 is 6.30. The Labute approximate surface area is 158 Å². The Bertz CT molecular complexity index is 1080. The molecule has 1 unspecified atom stereocenters. The van der Waals surface area contributed by atoms with Crippen LogP contribution in [0.4, 0.5) is 0 Å². The number of carbonyl (C=O) groups is 2. The summed E-state index contributed by atoms with van der Waals surface area (Å²) in [6.45, 7) is 7.95. The van der Waals surface area contributed by atoms with Gasteiger partial charge in [-0.15, -0.1) is 0 Å². The zero-order valence-electron chi connectivity index (χ0n) is 16.1. The van der Waals surface area contributed by atoms with Gasteiger partial charge in [-0.1, -0.05) is 11.6 Å². The Morgan fingerprint density at radius 1 is 1.26 bits per heavy atom. The number of nitrogens with one attached hydrogen (secondary N) is 1. The number of allylic oxidation sites excluding steroid dienone is 4. The summed E-state index contributed by atoms with van der Waals surface area (Å²) in [6, 6.07) is 3.78.